The van der Waals surface area contributed by atoms with Gasteiger partial charge in [-0.3, -0.25) is 9.69 Å². The molecule has 2 aliphatic heterocycles. The van der Waals surface area contributed by atoms with Crippen molar-refractivity contribution < 1.29 is 4.79 Å². The molecule has 2 aliphatic rings. The fraction of sp³-hybridized carbons (Fsp3) is 0.938. The summed E-state index contributed by atoms with van der Waals surface area (Å²) in [6.07, 6.45) is 7.35. The topological polar surface area (TPSA) is 35.6 Å². The summed E-state index contributed by atoms with van der Waals surface area (Å²) in [7, 11) is 2.02. The molecular weight excluding hydrogens is 250 g/mol. The van der Waals surface area contributed by atoms with E-state index in [9.17, 15) is 4.79 Å². The van der Waals surface area contributed by atoms with Gasteiger partial charge in [-0.1, -0.05) is 6.42 Å². The first-order chi connectivity index (χ1) is 9.65. The molecule has 3 atom stereocenters. The molecule has 3 unspecified atom stereocenters. The standard InChI is InChI=1S/C16H31N3O/c1-13(17-3)15-9-5-8-12-19(15)14(2)16(20)18-10-6-4-7-11-18/h13-15,17H,4-12H2,1-3H3. The lowest BCUT2D eigenvalue weighted by atomic mass is 9.94. The van der Waals surface area contributed by atoms with Crippen molar-refractivity contribution in [1.82, 2.24) is 15.1 Å². The number of rotatable bonds is 4. The predicted molar refractivity (Wildman–Crippen MR) is 82.8 cm³/mol. The van der Waals surface area contributed by atoms with Crippen molar-refractivity contribution in [2.45, 2.75) is 70.5 Å². The molecular formula is C16H31N3O. The van der Waals surface area contributed by atoms with Crippen LogP contribution in [-0.2, 0) is 4.79 Å². The lowest BCUT2D eigenvalue weighted by molar-refractivity contribution is -0.139. The van der Waals surface area contributed by atoms with Gasteiger partial charge in [-0.05, 0) is 59.5 Å². The molecule has 0 radical (unpaired) electrons. The maximum atomic E-state index is 12.7. The van der Waals surface area contributed by atoms with Gasteiger partial charge >= 0.3 is 0 Å². The van der Waals surface area contributed by atoms with Gasteiger partial charge in [0, 0.05) is 25.2 Å². The normalized spacial score (nSPS) is 28.1. The highest BCUT2D eigenvalue weighted by Crippen LogP contribution is 2.23. The first-order valence-electron chi connectivity index (χ1n) is 8.37. The molecule has 4 nitrogen and oxygen atoms in total. The van der Waals surface area contributed by atoms with Gasteiger partial charge in [0.2, 0.25) is 5.91 Å². The molecule has 1 amide bonds. The largest absolute Gasteiger partial charge is 0.341 e. The average molecular weight is 281 g/mol. The number of nitrogens with zero attached hydrogens (tertiary/aromatic N) is 2. The minimum Gasteiger partial charge on any atom is -0.341 e. The summed E-state index contributed by atoms with van der Waals surface area (Å²) < 4.78 is 0. The molecule has 2 heterocycles. The highest BCUT2D eigenvalue weighted by atomic mass is 16.2. The smallest absolute Gasteiger partial charge is 0.239 e. The van der Waals surface area contributed by atoms with E-state index in [-0.39, 0.29) is 6.04 Å². The summed E-state index contributed by atoms with van der Waals surface area (Å²) in [6.45, 7) is 7.34. The van der Waals surface area contributed by atoms with Crippen molar-refractivity contribution in [3.05, 3.63) is 0 Å². The van der Waals surface area contributed by atoms with Gasteiger partial charge in [-0.15, -0.1) is 0 Å². The zero-order valence-electron chi connectivity index (χ0n) is 13.4. The third-order valence-electron chi connectivity index (χ3n) is 5.15. The van der Waals surface area contributed by atoms with Crippen LogP contribution in [0.5, 0.6) is 0 Å². The number of amides is 1. The van der Waals surface area contributed by atoms with E-state index in [4.69, 9.17) is 0 Å². The van der Waals surface area contributed by atoms with Crippen LogP contribution in [0.3, 0.4) is 0 Å². The van der Waals surface area contributed by atoms with Gasteiger partial charge in [0.25, 0.3) is 0 Å². The number of piperidine rings is 2. The molecule has 4 heteroatoms. The Morgan fingerprint density at radius 3 is 2.35 bits per heavy atom. The molecule has 0 aromatic carbocycles. The van der Waals surface area contributed by atoms with Crippen LogP contribution >= 0.6 is 0 Å². The number of hydrogen-bond acceptors (Lipinski definition) is 3. The molecule has 0 aromatic heterocycles. The van der Waals surface area contributed by atoms with Crippen molar-refractivity contribution in [2.24, 2.45) is 0 Å². The van der Waals surface area contributed by atoms with Crippen LogP contribution in [0, 0.1) is 0 Å². The van der Waals surface area contributed by atoms with E-state index in [2.05, 4.69) is 29.0 Å². The fourth-order valence-corrected chi connectivity index (χ4v) is 3.71. The predicted octanol–water partition coefficient (Wildman–Crippen LogP) is 1.85. The van der Waals surface area contributed by atoms with Crippen LogP contribution in [0.25, 0.3) is 0 Å². The minimum atomic E-state index is 0.0363. The van der Waals surface area contributed by atoms with Crippen LogP contribution in [-0.4, -0.2) is 60.5 Å². The highest BCUT2D eigenvalue weighted by molar-refractivity contribution is 5.81. The Bertz CT molecular complexity index is 315. The Kier molecular flexibility index (Phi) is 5.85. The molecule has 0 aromatic rings. The van der Waals surface area contributed by atoms with E-state index in [0.29, 0.717) is 18.0 Å². The second-order valence-electron chi connectivity index (χ2n) is 6.44. The van der Waals surface area contributed by atoms with Crippen molar-refractivity contribution in [3.63, 3.8) is 0 Å². The van der Waals surface area contributed by atoms with Crippen LogP contribution in [0.2, 0.25) is 0 Å². The second-order valence-corrected chi connectivity index (χ2v) is 6.44. The second kappa shape index (κ2) is 7.41. The minimum absolute atomic E-state index is 0.0363. The third kappa shape index (κ3) is 3.53. The number of carbonyl (C=O) groups is 1. The van der Waals surface area contributed by atoms with Crippen LogP contribution in [0.15, 0.2) is 0 Å². The number of carbonyl (C=O) groups excluding carboxylic acids is 1. The number of likely N-dealkylation sites (tertiary alicyclic amines) is 2. The summed E-state index contributed by atoms with van der Waals surface area (Å²) in [5.41, 5.74) is 0. The van der Waals surface area contributed by atoms with Crippen LogP contribution in [0.4, 0.5) is 0 Å². The van der Waals surface area contributed by atoms with E-state index in [1.165, 1.54) is 38.5 Å². The highest BCUT2D eigenvalue weighted by Gasteiger charge is 2.34. The van der Waals surface area contributed by atoms with E-state index in [1.54, 1.807) is 0 Å². The van der Waals surface area contributed by atoms with Crippen LogP contribution < -0.4 is 5.32 Å². The van der Waals surface area contributed by atoms with Crippen molar-refractivity contribution in [1.29, 1.82) is 0 Å². The van der Waals surface area contributed by atoms with Gasteiger partial charge < -0.3 is 10.2 Å². The molecule has 1 N–H and O–H groups in total. The summed E-state index contributed by atoms with van der Waals surface area (Å²) >= 11 is 0. The maximum Gasteiger partial charge on any atom is 0.239 e. The fourth-order valence-electron chi connectivity index (χ4n) is 3.71. The lowest BCUT2D eigenvalue weighted by Gasteiger charge is -2.43. The maximum absolute atomic E-state index is 12.7. The Balaban J connectivity index is 2.00. The van der Waals surface area contributed by atoms with E-state index in [0.717, 1.165) is 19.6 Å². The Labute approximate surface area is 123 Å². The van der Waals surface area contributed by atoms with Gasteiger partial charge in [0.15, 0.2) is 0 Å². The van der Waals surface area contributed by atoms with E-state index in [1.807, 2.05) is 7.05 Å². The molecule has 116 valence electrons. The first-order valence-corrected chi connectivity index (χ1v) is 8.37. The number of nitrogens with one attached hydrogen (secondary N) is 1. The van der Waals surface area contributed by atoms with Gasteiger partial charge in [0.05, 0.1) is 6.04 Å². The molecule has 2 fully saturated rings. The molecule has 20 heavy (non-hydrogen) atoms. The van der Waals surface area contributed by atoms with E-state index < -0.39 is 0 Å². The monoisotopic (exact) mass is 281 g/mol. The molecule has 0 bridgehead atoms. The number of likely N-dealkylation sites (N-methyl/N-ethyl adjacent to an activating group) is 1. The molecule has 2 rings (SSSR count). The average Bonchev–Trinajstić information content (AvgIpc) is 2.53. The molecule has 0 saturated carbocycles. The Morgan fingerprint density at radius 1 is 1.05 bits per heavy atom. The first kappa shape index (κ1) is 15.8. The SMILES string of the molecule is CNC(C)C1CCCCN1C(C)C(=O)N1CCCCC1. The summed E-state index contributed by atoms with van der Waals surface area (Å²) in [6, 6.07) is 0.985. The third-order valence-corrected chi connectivity index (χ3v) is 5.15. The lowest BCUT2D eigenvalue weighted by Crippen LogP contribution is -2.58. The van der Waals surface area contributed by atoms with Crippen LogP contribution in [0.1, 0.15) is 52.4 Å². The van der Waals surface area contributed by atoms with Gasteiger partial charge in [-0.2, -0.15) is 0 Å². The van der Waals surface area contributed by atoms with E-state index >= 15 is 0 Å². The molecule has 0 spiro atoms. The summed E-state index contributed by atoms with van der Waals surface area (Å²) in [5.74, 6) is 0.347. The zero-order chi connectivity index (χ0) is 14.5. The molecule has 2 saturated heterocycles. The quantitative estimate of drug-likeness (QED) is 0.854. The van der Waals surface area contributed by atoms with Gasteiger partial charge in [-0.25, -0.2) is 0 Å². The molecule has 0 aliphatic carbocycles. The Hall–Kier alpha value is -0.610. The summed E-state index contributed by atoms with van der Waals surface area (Å²) in [4.78, 5) is 17.3. The van der Waals surface area contributed by atoms with Crippen molar-refractivity contribution >= 4 is 5.91 Å². The Morgan fingerprint density at radius 2 is 1.70 bits per heavy atom. The van der Waals surface area contributed by atoms with Gasteiger partial charge in [0.1, 0.15) is 0 Å². The summed E-state index contributed by atoms with van der Waals surface area (Å²) in [5, 5.41) is 3.37. The number of hydrogen-bond donors (Lipinski definition) is 1. The van der Waals surface area contributed by atoms with Crippen molar-refractivity contribution in [2.75, 3.05) is 26.7 Å². The van der Waals surface area contributed by atoms with Crippen molar-refractivity contribution in [3.8, 4) is 0 Å². The zero-order valence-corrected chi connectivity index (χ0v) is 13.4.